The third kappa shape index (κ3) is 4.91. The Labute approximate surface area is 161 Å². The highest BCUT2D eigenvalue weighted by Gasteiger charge is 2.28. The van der Waals surface area contributed by atoms with Crippen LogP contribution < -0.4 is 0 Å². The molecule has 0 atom stereocenters. The lowest BCUT2D eigenvalue weighted by atomic mass is 10.2. The van der Waals surface area contributed by atoms with Gasteiger partial charge in [-0.25, -0.2) is 8.42 Å². The highest BCUT2D eigenvalue weighted by atomic mass is 32.2. The number of Topliss-reactive ketones (excluding diaryl/α,β-unsaturated/α-hetero) is 1. The highest BCUT2D eigenvalue weighted by molar-refractivity contribution is 7.89. The van der Waals surface area contributed by atoms with E-state index < -0.39 is 10.0 Å². The fourth-order valence-electron chi connectivity index (χ4n) is 3.08. The fraction of sp³-hybridized carbons (Fsp3) is 0.286. The first-order chi connectivity index (χ1) is 13.0. The number of ketones is 1. The van der Waals surface area contributed by atoms with Gasteiger partial charge in [-0.05, 0) is 24.6 Å². The number of carbonyl (C=O) groups is 1. The van der Waals surface area contributed by atoms with Crippen molar-refractivity contribution >= 4 is 21.9 Å². The molecule has 1 heterocycles. The minimum absolute atomic E-state index is 0.137. The Morgan fingerprint density at radius 2 is 1.70 bits per heavy atom. The van der Waals surface area contributed by atoms with E-state index in [9.17, 15) is 13.2 Å². The van der Waals surface area contributed by atoms with Gasteiger partial charge in [0.05, 0.1) is 4.90 Å². The van der Waals surface area contributed by atoms with Crippen LogP contribution in [0.25, 0.3) is 6.08 Å². The van der Waals surface area contributed by atoms with Gasteiger partial charge in [0.15, 0.2) is 5.78 Å². The number of benzene rings is 2. The molecule has 0 bridgehead atoms. The topological polar surface area (TPSA) is 57.7 Å². The van der Waals surface area contributed by atoms with Gasteiger partial charge in [-0.3, -0.25) is 9.69 Å². The smallest absolute Gasteiger partial charge is 0.243 e. The van der Waals surface area contributed by atoms with Crippen molar-refractivity contribution in [1.82, 2.24) is 9.21 Å². The zero-order valence-electron chi connectivity index (χ0n) is 15.4. The molecule has 1 aliphatic rings. The van der Waals surface area contributed by atoms with E-state index in [2.05, 4.69) is 29.2 Å². The molecule has 0 aliphatic carbocycles. The van der Waals surface area contributed by atoms with Crippen LogP contribution in [0.2, 0.25) is 0 Å². The lowest BCUT2D eigenvalue weighted by Gasteiger charge is -2.33. The molecule has 1 aliphatic heterocycles. The number of nitrogens with zero attached hydrogens (tertiary/aromatic N) is 2. The summed E-state index contributed by atoms with van der Waals surface area (Å²) in [6, 6.07) is 16.4. The molecule has 142 valence electrons. The summed E-state index contributed by atoms with van der Waals surface area (Å²) in [4.78, 5) is 13.9. The van der Waals surface area contributed by atoms with Crippen LogP contribution in [0.1, 0.15) is 22.8 Å². The summed E-state index contributed by atoms with van der Waals surface area (Å²) in [5.74, 6) is -0.137. The second kappa shape index (κ2) is 8.61. The minimum atomic E-state index is -3.57. The first-order valence-electron chi connectivity index (χ1n) is 9.02. The molecular formula is C21H24N2O3S. The van der Waals surface area contributed by atoms with Crippen LogP contribution in [-0.2, 0) is 10.0 Å². The Hall–Kier alpha value is -2.28. The summed E-state index contributed by atoms with van der Waals surface area (Å²) in [6.45, 7) is 4.50. The monoisotopic (exact) mass is 384 g/mol. The standard InChI is InChI=1S/C21H24N2O3S/c1-18(24)20-10-5-11-21(17-20)27(25,26)23-15-13-22(14-16-23)12-6-9-19-7-3-2-4-8-19/h2-11,17H,12-16H2,1H3/b9-6+. The van der Waals surface area contributed by atoms with Gasteiger partial charge >= 0.3 is 0 Å². The Morgan fingerprint density at radius 3 is 2.37 bits per heavy atom. The first-order valence-corrected chi connectivity index (χ1v) is 10.5. The number of piperazine rings is 1. The van der Waals surface area contributed by atoms with E-state index >= 15 is 0 Å². The zero-order chi connectivity index (χ0) is 19.3. The Bertz CT molecular complexity index is 915. The molecule has 0 spiro atoms. The number of rotatable bonds is 6. The quantitative estimate of drug-likeness (QED) is 0.719. The molecule has 2 aromatic carbocycles. The van der Waals surface area contributed by atoms with Crippen LogP contribution in [0.4, 0.5) is 0 Å². The lowest BCUT2D eigenvalue weighted by Crippen LogP contribution is -2.48. The number of sulfonamides is 1. The Balaban J connectivity index is 1.59. The summed E-state index contributed by atoms with van der Waals surface area (Å²) in [6.07, 6.45) is 4.19. The third-order valence-electron chi connectivity index (χ3n) is 4.68. The second-order valence-corrected chi connectivity index (χ2v) is 8.54. The van der Waals surface area contributed by atoms with Gasteiger partial charge in [-0.15, -0.1) is 0 Å². The normalized spacial score (nSPS) is 16.6. The second-order valence-electron chi connectivity index (χ2n) is 6.60. The van der Waals surface area contributed by atoms with Crippen LogP contribution in [0.3, 0.4) is 0 Å². The van der Waals surface area contributed by atoms with Gasteiger partial charge in [0, 0.05) is 38.3 Å². The average molecular weight is 385 g/mol. The van der Waals surface area contributed by atoms with Gasteiger partial charge in [-0.2, -0.15) is 4.31 Å². The van der Waals surface area contributed by atoms with Gasteiger partial charge < -0.3 is 0 Å². The van der Waals surface area contributed by atoms with Crippen molar-refractivity contribution < 1.29 is 13.2 Å². The van der Waals surface area contributed by atoms with Crippen LogP contribution in [0.15, 0.2) is 65.6 Å². The molecule has 0 radical (unpaired) electrons. The molecule has 5 nitrogen and oxygen atoms in total. The summed E-state index contributed by atoms with van der Waals surface area (Å²) < 4.78 is 27.2. The van der Waals surface area contributed by atoms with Gasteiger partial charge in [-0.1, -0.05) is 54.6 Å². The van der Waals surface area contributed by atoms with Crippen LogP contribution in [-0.4, -0.2) is 56.1 Å². The van der Waals surface area contributed by atoms with Crippen molar-refractivity contribution in [2.45, 2.75) is 11.8 Å². The minimum Gasteiger partial charge on any atom is -0.297 e. The molecule has 6 heteroatoms. The zero-order valence-corrected chi connectivity index (χ0v) is 16.2. The van der Waals surface area contributed by atoms with Crippen molar-refractivity contribution in [3.63, 3.8) is 0 Å². The Kier molecular flexibility index (Phi) is 6.21. The molecule has 1 saturated heterocycles. The Morgan fingerprint density at radius 1 is 1.00 bits per heavy atom. The molecule has 0 amide bonds. The SMILES string of the molecule is CC(=O)c1cccc(S(=O)(=O)N2CCN(C/C=C/c3ccccc3)CC2)c1. The van der Waals surface area contributed by atoms with Crippen LogP contribution >= 0.6 is 0 Å². The molecular weight excluding hydrogens is 360 g/mol. The molecule has 0 saturated carbocycles. The predicted octanol–water partition coefficient (Wildman–Crippen LogP) is 2.91. The van der Waals surface area contributed by atoms with E-state index in [1.54, 1.807) is 18.2 Å². The first kappa shape index (κ1) is 19.5. The number of hydrogen-bond donors (Lipinski definition) is 0. The number of hydrogen-bond acceptors (Lipinski definition) is 4. The molecule has 27 heavy (non-hydrogen) atoms. The van der Waals surface area contributed by atoms with Crippen molar-refractivity contribution in [2.75, 3.05) is 32.7 Å². The van der Waals surface area contributed by atoms with Gasteiger partial charge in [0.1, 0.15) is 0 Å². The highest BCUT2D eigenvalue weighted by Crippen LogP contribution is 2.19. The van der Waals surface area contributed by atoms with E-state index in [0.717, 1.165) is 12.1 Å². The van der Waals surface area contributed by atoms with Crippen molar-refractivity contribution in [1.29, 1.82) is 0 Å². The van der Waals surface area contributed by atoms with Crippen LogP contribution in [0, 0.1) is 0 Å². The average Bonchev–Trinajstić information content (AvgIpc) is 2.69. The van der Waals surface area contributed by atoms with Gasteiger partial charge in [0.2, 0.25) is 10.0 Å². The molecule has 0 N–H and O–H groups in total. The number of carbonyl (C=O) groups excluding carboxylic acids is 1. The summed E-state index contributed by atoms with van der Waals surface area (Å²) >= 11 is 0. The van der Waals surface area contributed by atoms with E-state index in [0.29, 0.717) is 31.7 Å². The summed E-state index contributed by atoms with van der Waals surface area (Å²) in [5, 5.41) is 0. The molecule has 0 aromatic heterocycles. The van der Waals surface area contributed by atoms with Crippen molar-refractivity contribution in [2.24, 2.45) is 0 Å². The maximum Gasteiger partial charge on any atom is 0.243 e. The van der Waals surface area contributed by atoms with Crippen molar-refractivity contribution in [3.05, 3.63) is 71.8 Å². The lowest BCUT2D eigenvalue weighted by molar-refractivity contribution is 0.101. The van der Waals surface area contributed by atoms with Crippen LogP contribution in [0.5, 0.6) is 0 Å². The van der Waals surface area contributed by atoms with Gasteiger partial charge in [0.25, 0.3) is 0 Å². The van der Waals surface area contributed by atoms with E-state index in [-0.39, 0.29) is 10.7 Å². The summed E-state index contributed by atoms with van der Waals surface area (Å²) in [5.41, 5.74) is 1.57. The fourth-order valence-corrected chi connectivity index (χ4v) is 4.55. The van der Waals surface area contributed by atoms with E-state index in [1.165, 1.54) is 17.3 Å². The summed E-state index contributed by atoms with van der Waals surface area (Å²) in [7, 11) is -3.57. The third-order valence-corrected chi connectivity index (χ3v) is 6.58. The molecule has 2 aromatic rings. The maximum absolute atomic E-state index is 12.8. The molecule has 3 rings (SSSR count). The largest absolute Gasteiger partial charge is 0.297 e. The predicted molar refractivity (Wildman–Crippen MR) is 107 cm³/mol. The molecule has 0 unspecified atom stereocenters. The molecule has 1 fully saturated rings. The van der Waals surface area contributed by atoms with E-state index in [1.807, 2.05) is 18.2 Å². The maximum atomic E-state index is 12.8. The van der Waals surface area contributed by atoms with E-state index in [4.69, 9.17) is 0 Å². The van der Waals surface area contributed by atoms with Crippen molar-refractivity contribution in [3.8, 4) is 0 Å².